The minimum Gasteiger partial charge on any atom is -0.435 e. The van der Waals surface area contributed by atoms with Gasteiger partial charge in [-0.1, -0.05) is 22.0 Å². The Bertz CT molecular complexity index is 424. The predicted octanol–water partition coefficient (Wildman–Crippen LogP) is 3.19. The van der Waals surface area contributed by atoms with Crippen molar-refractivity contribution >= 4 is 21.8 Å². The highest BCUT2D eigenvalue weighted by Gasteiger charge is 2.20. The molecule has 0 aliphatic carbocycles. The van der Waals surface area contributed by atoms with Crippen LogP contribution in [-0.4, -0.2) is 23.4 Å². The summed E-state index contributed by atoms with van der Waals surface area (Å²) in [5.41, 5.74) is -0.140. The lowest BCUT2D eigenvalue weighted by Gasteiger charge is -2.23. The van der Waals surface area contributed by atoms with E-state index >= 15 is 0 Å². The summed E-state index contributed by atoms with van der Waals surface area (Å²) in [6, 6.07) is 5.69. The molecule has 0 aliphatic rings. The number of benzene rings is 1. The largest absolute Gasteiger partial charge is 0.435 e. The lowest BCUT2D eigenvalue weighted by atomic mass is 10.1. The van der Waals surface area contributed by atoms with Crippen LogP contribution in [-0.2, 0) is 0 Å². The highest BCUT2D eigenvalue weighted by molar-refractivity contribution is 9.09. The van der Waals surface area contributed by atoms with Crippen LogP contribution in [0.1, 0.15) is 24.2 Å². The monoisotopic (exact) mass is 321 g/mol. The van der Waals surface area contributed by atoms with Gasteiger partial charge < -0.3 is 10.1 Å². The molecule has 1 N–H and O–H groups in total. The number of halogens is 3. The lowest BCUT2D eigenvalue weighted by molar-refractivity contribution is -0.0498. The smallest absolute Gasteiger partial charge is 0.387 e. The van der Waals surface area contributed by atoms with Gasteiger partial charge in [-0.05, 0) is 32.0 Å². The molecule has 1 aromatic rings. The zero-order chi connectivity index (χ0) is 13.8. The minimum atomic E-state index is -2.90. The van der Waals surface area contributed by atoms with Crippen molar-refractivity contribution in [1.29, 1.82) is 0 Å². The van der Waals surface area contributed by atoms with E-state index in [4.69, 9.17) is 0 Å². The van der Waals surface area contributed by atoms with Gasteiger partial charge in [0.2, 0.25) is 0 Å². The molecule has 0 unspecified atom stereocenters. The Morgan fingerprint density at radius 3 is 2.72 bits per heavy atom. The van der Waals surface area contributed by atoms with E-state index in [1.807, 2.05) is 13.8 Å². The SMILES string of the molecule is CC(C)(CBr)NC(=O)c1cccc(OC(F)F)c1. The maximum Gasteiger partial charge on any atom is 0.387 e. The summed E-state index contributed by atoms with van der Waals surface area (Å²) in [7, 11) is 0. The molecule has 100 valence electrons. The van der Waals surface area contributed by atoms with Gasteiger partial charge in [0.1, 0.15) is 5.75 Å². The summed E-state index contributed by atoms with van der Waals surface area (Å²) in [6.45, 7) is 0.792. The maximum atomic E-state index is 12.1. The summed E-state index contributed by atoms with van der Waals surface area (Å²) in [5.74, 6) is -0.367. The zero-order valence-corrected chi connectivity index (χ0v) is 11.6. The van der Waals surface area contributed by atoms with Gasteiger partial charge in [-0.15, -0.1) is 0 Å². The Balaban J connectivity index is 2.80. The van der Waals surface area contributed by atoms with E-state index in [2.05, 4.69) is 26.0 Å². The third kappa shape index (κ3) is 4.60. The number of ether oxygens (including phenoxy) is 1. The standard InChI is InChI=1S/C12H14BrF2NO2/c1-12(2,7-13)16-10(17)8-4-3-5-9(6-8)18-11(14)15/h3-6,11H,7H2,1-2H3,(H,16,17). The Labute approximate surface area is 113 Å². The first-order valence-electron chi connectivity index (χ1n) is 5.27. The number of amides is 1. The average molecular weight is 322 g/mol. The molecule has 0 saturated heterocycles. The second-order valence-corrected chi connectivity index (χ2v) is 4.94. The zero-order valence-electron chi connectivity index (χ0n) is 10.0. The van der Waals surface area contributed by atoms with Crippen LogP contribution >= 0.6 is 15.9 Å². The van der Waals surface area contributed by atoms with Crippen molar-refractivity contribution in [2.75, 3.05) is 5.33 Å². The minimum absolute atomic E-state index is 0.0331. The van der Waals surface area contributed by atoms with Crippen LogP contribution in [0.15, 0.2) is 24.3 Å². The van der Waals surface area contributed by atoms with Crippen molar-refractivity contribution in [3.8, 4) is 5.75 Å². The van der Waals surface area contributed by atoms with Crippen molar-refractivity contribution < 1.29 is 18.3 Å². The van der Waals surface area contributed by atoms with Gasteiger partial charge in [0, 0.05) is 16.4 Å². The molecular weight excluding hydrogens is 308 g/mol. The van der Waals surface area contributed by atoms with Crippen molar-refractivity contribution in [3.05, 3.63) is 29.8 Å². The Morgan fingerprint density at radius 1 is 1.50 bits per heavy atom. The quantitative estimate of drug-likeness (QED) is 0.846. The summed E-state index contributed by atoms with van der Waals surface area (Å²) in [4.78, 5) is 11.9. The molecule has 0 saturated carbocycles. The Morgan fingerprint density at radius 2 is 2.17 bits per heavy atom. The predicted molar refractivity (Wildman–Crippen MR) is 68.4 cm³/mol. The van der Waals surface area contributed by atoms with E-state index < -0.39 is 12.2 Å². The van der Waals surface area contributed by atoms with Gasteiger partial charge in [0.05, 0.1) is 0 Å². The molecule has 0 heterocycles. The highest BCUT2D eigenvalue weighted by Crippen LogP contribution is 2.17. The van der Waals surface area contributed by atoms with E-state index in [-0.39, 0.29) is 17.2 Å². The molecule has 0 atom stereocenters. The number of nitrogens with one attached hydrogen (secondary N) is 1. The van der Waals surface area contributed by atoms with E-state index in [0.29, 0.717) is 5.33 Å². The number of rotatable bonds is 5. The molecule has 6 heteroatoms. The van der Waals surface area contributed by atoms with Crippen LogP contribution in [0, 0.1) is 0 Å². The molecule has 0 spiro atoms. The molecule has 1 amide bonds. The highest BCUT2D eigenvalue weighted by atomic mass is 79.9. The summed E-state index contributed by atoms with van der Waals surface area (Å²) in [6.07, 6.45) is 0. The van der Waals surface area contributed by atoms with Gasteiger partial charge >= 0.3 is 6.61 Å². The fourth-order valence-corrected chi connectivity index (χ4v) is 1.37. The molecule has 0 fully saturated rings. The topological polar surface area (TPSA) is 38.3 Å². The number of carbonyl (C=O) groups is 1. The van der Waals surface area contributed by atoms with Gasteiger partial charge in [0.15, 0.2) is 0 Å². The van der Waals surface area contributed by atoms with Crippen LogP contribution < -0.4 is 10.1 Å². The first-order valence-corrected chi connectivity index (χ1v) is 6.39. The molecule has 1 rings (SSSR count). The normalized spacial score (nSPS) is 11.4. The molecule has 0 aromatic heterocycles. The Hall–Kier alpha value is -1.17. The van der Waals surface area contributed by atoms with Gasteiger partial charge in [-0.25, -0.2) is 0 Å². The first-order chi connectivity index (χ1) is 8.34. The molecular formula is C12H14BrF2NO2. The van der Waals surface area contributed by atoms with Gasteiger partial charge in [-0.3, -0.25) is 4.79 Å². The molecule has 1 aromatic carbocycles. The van der Waals surface area contributed by atoms with Gasteiger partial charge in [-0.2, -0.15) is 8.78 Å². The number of carbonyl (C=O) groups excluding carboxylic acids is 1. The van der Waals surface area contributed by atoms with Crippen LogP contribution in [0.25, 0.3) is 0 Å². The third-order valence-corrected chi connectivity index (χ3v) is 3.51. The van der Waals surface area contributed by atoms with Crippen LogP contribution in [0.5, 0.6) is 5.75 Å². The molecule has 18 heavy (non-hydrogen) atoms. The molecule has 0 bridgehead atoms. The van der Waals surface area contributed by atoms with E-state index in [1.54, 1.807) is 0 Å². The van der Waals surface area contributed by atoms with E-state index in [9.17, 15) is 13.6 Å². The fraction of sp³-hybridized carbons (Fsp3) is 0.417. The van der Waals surface area contributed by atoms with Crippen molar-refractivity contribution in [2.45, 2.75) is 26.0 Å². The van der Waals surface area contributed by atoms with Crippen molar-refractivity contribution in [1.82, 2.24) is 5.32 Å². The second kappa shape index (κ2) is 6.13. The number of hydrogen-bond acceptors (Lipinski definition) is 2. The van der Waals surface area contributed by atoms with Crippen molar-refractivity contribution in [3.63, 3.8) is 0 Å². The lowest BCUT2D eigenvalue weighted by Crippen LogP contribution is -2.44. The van der Waals surface area contributed by atoms with Crippen LogP contribution in [0.2, 0.25) is 0 Å². The van der Waals surface area contributed by atoms with E-state index in [0.717, 1.165) is 0 Å². The van der Waals surface area contributed by atoms with Crippen LogP contribution in [0.4, 0.5) is 8.78 Å². The Kier molecular flexibility index (Phi) is 5.07. The molecule has 0 radical (unpaired) electrons. The number of alkyl halides is 3. The first kappa shape index (κ1) is 14.9. The summed E-state index contributed by atoms with van der Waals surface area (Å²) in [5, 5.41) is 3.36. The number of hydrogen-bond donors (Lipinski definition) is 1. The van der Waals surface area contributed by atoms with Gasteiger partial charge in [0.25, 0.3) is 5.91 Å². The van der Waals surface area contributed by atoms with Crippen LogP contribution in [0.3, 0.4) is 0 Å². The molecule has 3 nitrogen and oxygen atoms in total. The third-order valence-electron chi connectivity index (χ3n) is 2.11. The summed E-state index contributed by atoms with van der Waals surface area (Å²) >= 11 is 3.28. The summed E-state index contributed by atoms with van der Waals surface area (Å²) < 4.78 is 28.3. The van der Waals surface area contributed by atoms with Crippen molar-refractivity contribution in [2.24, 2.45) is 0 Å². The second-order valence-electron chi connectivity index (χ2n) is 4.38. The molecule has 0 aliphatic heterocycles. The van der Waals surface area contributed by atoms with E-state index in [1.165, 1.54) is 24.3 Å². The average Bonchev–Trinajstić information content (AvgIpc) is 2.28. The fourth-order valence-electron chi connectivity index (χ4n) is 1.23. The maximum absolute atomic E-state index is 12.1.